The molecule has 0 radical (unpaired) electrons. The highest BCUT2D eigenvalue weighted by molar-refractivity contribution is 6.31. The minimum Gasteiger partial charge on any atom is -0.367 e. The lowest BCUT2D eigenvalue weighted by molar-refractivity contribution is 0.765. The van der Waals surface area contributed by atoms with Gasteiger partial charge < -0.3 is 4.90 Å². The maximum absolute atomic E-state index is 6.27. The number of rotatable bonds is 3. The Hall–Kier alpha value is -1.47. The lowest BCUT2D eigenvalue weighted by Gasteiger charge is -2.32. The first-order valence-electron chi connectivity index (χ1n) is 8.26. The molecule has 1 aromatic carbocycles. The highest BCUT2D eigenvalue weighted by Crippen LogP contribution is 2.28. The summed E-state index contributed by atoms with van der Waals surface area (Å²) in [5.74, 6) is 0. The standard InChI is InChI=1S/C18H22ClN.C2H6/c1-3-8-17(19)13-16-14-20(12-11-15(16)4-2)18-9-6-5-7-10-18;1-2/h4-10,13H,3,11-12,14H2,1-2H3;1-2H3/b15-4-,16-13-,17-8-;. The van der Waals surface area contributed by atoms with Gasteiger partial charge in [-0.15, -0.1) is 0 Å². The summed E-state index contributed by atoms with van der Waals surface area (Å²) in [7, 11) is 0. The van der Waals surface area contributed by atoms with Gasteiger partial charge in [-0.25, -0.2) is 0 Å². The molecule has 0 bridgehead atoms. The Morgan fingerprint density at radius 1 is 1.18 bits per heavy atom. The van der Waals surface area contributed by atoms with Crippen molar-refractivity contribution in [2.75, 3.05) is 18.0 Å². The number of para-hydroxylation sites is 1. The lowest BCUT2D eigenvalue weighted by Crippen LogP contribution is -2.32. The summed E-state index contributed by atoms with van der Waals surface area (Å²) in [4.78, 5) is 2.41. The third kappa shape index (κ3) is 5.38. The van der Waals surface area contributed by atoms with Crippen LogP contribution in [-0.2, 0) is 0 Å². The Morgan fingerprint density at radius 2 is 1.86 bits per heavy atom. The SMILES string of the molecule is C/C=C1/CCN(c2ccccc2)C/C1=C/C(Cl)=C/CC.CC. The van der Waals surface area contributed by atoms with Gasteiger partial charge in [0.05, 0.1) is 0 Å². The summed E-state index contributed by atoms with van der Waals surface area (Å²) in [6.45, 7) is 10.2. The van der Waals surface area contributed by atoms with Crippen LogP contribution >= 0.6 is 11.6 Å². The molecule has 22 heavy (non-hydrogen) atoms. The highest BCUT2D eigenvalue weighted by atomic mass is 35.5. The zero-order valence-electron chi connectivity index (χ0n) is 14.3. The van der Waals surface area contributed by atoms with E-state index in [1.54, 1.807) is 0 Å². The molecule has 0 N–H and O–H groups in total. The van der Waals surface area contributed by atoms with Crippen LogP contribution in [0.3, 0.4) is 0 Å². The molecule has 0 atom stereocenters. The third-order valence-electron chi connectivity index (χ3n) is 3.61. The van der Waals surface area contributed by atoms with Crippen molar-refractivity contribution in [3.8, 4) is 0 Å². The van der Waals surface area contributed by atoms with E-state index >= 15 is 0 Å². The van der Waals surface area contributed by atoms with Crippen molar-refractivity contribution < 1.29 is 0 Å². The molecule has 1 aliphatic rings. The fourth-order valence-corrected chi connectivity index (χ4v) is 2.84. The van der Waals surface area contributed by atoms with E-state index < -0.39 is 0 Å². The molecule has 1 nitrogen and oxygen atoms in total. The number of nitrogens with zero attached hydrogens (tertiary/aromatic N) is 1. The summed E-state index contributed by atoms with van der Waals surface area (Å²) >= 11 is 6.27. The van der Waals surface area contributed by atoms with Crippen LogP contribution in [0.5, 0.6) is 0 Å². The van der Waals surface area contributed by atoms with E-state index in [1.165, 1.54) is 16.8 Å². The van der Waals surface area contributed by atoms with Gasteiger partial charge in [-0.2, -0.15) is 0 Å². The van der Waals surface area contributed by atoms with Gasteiger partial charge in [-0.1, -0.05) is 62.7 Å². The van der Waals surface area contributed by atoms with Crippen molar-refractivity contribution in [2.24, 2.45) is 0 Å². The molecule has 120 valence electrons. The predicted molar refractivity (Wildman–Crippen MR) is 101 cm³/mol. The zero-order chi connectivity index (χ0) is 16.4. The van der Waals surface area contributed by atoms with Crippen LogP contribution in [0.4, 0.5) is 5.69 Å². The molecular weight excluding hydrogens is 290 g/mol. The molecule has 2 rings (SSSR count). The van der Waals surface area contributed by atoms with Crippen molar-refractivity contribution >= 4 is 17.3 Å². The lowest BCUT2D eigenvalue weighted by atomic mass is 9.96. The molecule has 0 spiro atoms. The summed E-state index contributed by atoms with van der Waals surface area (Å²) in [5.41, 5.74) is 4.03. The van der Waals surface area contributed by atoms with Gasteiger partial charge in [-0.05, 0) is 49.1 Å². The second-order valence-corrected chi connectivity index (χ2v) is 5.42. The number of piperidine rings is 1. The van der Waals surface area contributed by atoms with Crippen molar-refractivity contribution in [1.82, 2.24) is 0 Å². The fraction of sp³-hybridized carbons (Fsp3) is 0.400. The molecule has 1 aliphatic heterocycles. The van der Waals surface area contributed by atoms with Crippen molar-refractivity contribution in [2.45, 2.75) is 40.5 Å². The highest BCUT2D eigenvalue weighted by Gasteiger charge is 2.18. The minimum absolute atomic E-state index is 0.844. The Kier molecular flexibility index (Phi) is 8.69. The monoisotopic (exact) mass is 317 g/mol. The zero-order valence-corrected chi connectivity index (χ0v) is 15.0. The maximum Gasteiger partial charge on any atom is 0.0432 e. The fourth-order valence-electron chi connectivity index (χ4n) is 2.55. The molecule has 0 amide bonds. The Morgan fingerprint density at radius 3 is 2.45 bits per heavy atom. The normalized spacial score (nSPS) is 19.1. The Labute approximate surface area is 141 Å². The van der Waals surface area contributed by atoms with Gasteiger partial charge in [0.1, 0.15) is 0 Å². The number of benzene rings is 1. The van der Waals surface area contributed by atoms with Crippen molar-refractivity contribution in [3.05, 3.63) is 64.7 Å². The average Bonchev–Trinajstić information content (AvgIpc) is 2.57. The number of allylic oxidation sites excluding steroid dienone is 4. The molecule has 1 aromatic rings. The molecule has 0 saturated carbocycles. The van der Waals surface area contributed by atoms with Crippen LogP contribution in [0, 0.1) is 0 Å². The molecule has 1 saturated heterocycles. The third-order valence-corrected chi connectivity index (χ3v) is 3.87. The van der Waals surface area contributed by atoms with Gasteiger partial charge in [0.2, 0.25) is 0 Å². The predicted octanol–water partition coefficient (Wildman–Crippen LogP) is 6.33. The Balaban J connectivity index is 0.00000116. The van der Waals surface area contributed by atoms with Crippen LogP contribution in [0.25, 0.3) is 0 Å². The number of halogens is 1. The van der Waals surface area contributed by atoms with Crippen molar-refractivity contribution in [3.63, 3.8) is 0 Å². The second-order valence-electron chi connectivity index (χ2n) is 4.99. The molecule has 0 aliphatic carbocycles. The van der Waals surface area contributed by atoms with Gasteiger partial charge in [0.25, 0.3) is 0 Å². The molecular formula is C20H28ClN. The first kappa shape index (κ1) is 18.6. The summed E-state index contributed by atoms with van der Waals surface area (Å²) in [6, 6.07) is 10.6. The van der Waals surface area contributed by atoms with E-state index in [1.807, 2.05) is 13.8 Å². The largest absolute Gasteiger partial charge is 0.367 e. The van der Waals surface area contributed by atoms with Gasteiger partial charge in [0.15, 0.2) is 0 Å². The first-order chi connectivity index (χ1) is 10.7. The molecule has 1 fully saturated rings. The van der Waals surface area contributed by atoms with Crippen LogP contribution in [-0.4, -0.2) is 13.1 Å². The van der Waals surface area contributed by atoms with E-state index in [4.69, 9.17) is 11.6 Å². The van der Waals surface area contributed by atoms with Crippen LogP contribution in [0.15, 0.2) is 64.7 Å². The summed E-state index contributed by atoms with van der Waals surface area (Å²) in [5, 5.41) is 0.844. The van der Waals surface area contributed by atoms with Gasteiger partial charge >= 0.3 is 0 Å². The van der Waals surface area contributed by atoms with E-state index in [9.17, 15) is 0 Å². The Bertz CT molecular complexity index is 526. The molecule has 0 aromatic heterocycles. The quantitative estimate of drug-likeness (QED) is 0.629. The first-order valence-corrected chi connectivity index (χ1v) is 8.64. The topological polar surface area (TPSA) is 3.24 Å². The van der Waals surface area contributed by atoms with E-state index in [0.29, 0.717) is 0 Å². The molecule has 1 heterocycles. The van der Waals surface area contributed by atoms with Crippen LogP contribution in [0.2, 0.25) is 0 Å². The van der Waals surface area contributed by atoms with Gasteiger partial charge in [-0.3, -0.25) is 0 Å². The van der Waals surface area contributed by atoms with Crippen LogP contribution in [0.1, 0.15) is 40.5 Å². The summed E-state index contributed by atoms with van der Waals surface area (Å²) < 4.78 is 0. The number of anilines is 1. The minimum atomic E-state index is 0.844. The van der Waals surface area contributed by atoms with E-state index in [0.717, 1.165) is 31.0 Å². The van der Waals surface area contributed by atoms with Crippen LogP contribution < -0.4 is 4.90 Å². The second kappa shape index (κ2) is 10.3. The van der Waals surface area contributed by atoms with E-state index in [2.05, 4.69) is 67.3 Å². The molecule has 2 heteroatoms. The van der Waals surface area contributed by atoms with Crippen molar-refractivity contribution in [1.29, 1.82) is 0 Å². The smallest absolute Gasteiger partial charge is 0.0432 e. The van der Waals surface area contributed by atoms with E-state index in [-0.39, 0.29) is 0 Å². The summed E-state index contributed by atoms with van der Waals surface area (Å²) in [6.07, 6.45) is 8.44. The van der Waals surface area contributed by atoms with Gasteiger partial charge in [0, 0.05) is 23.8 Å². The number of hydrogen-bond acceptors (Lipinski definition) is 1. The average molecular weight is 318 g/mol. The molecule has 0 unspecified atom stereocenters. The number of hydrogen-bond donors (Lipinski definition) is 0. The maximum atomic E-state index is 6.27.